The van der Waals surface area contributed by atoms with Crippen LogP contribution in [0.5, 0.6) is 0 Å². The number of barbiturate groups is 1. The molecule has 4 amide bonds. The Balaban J connectivity index is 2.73. The number of hydrogen-bond acceptors (Lipinski definition) is 4. The number of rotatable bonds is 5. The van der Waals surface area contributed by atoms with E-state index in [0.717, 1.165) is 11.3 Å². The molecule has 1 unspecified atom stereocenters. The van der Waals surface area contributed by atoms with Gasteiger partial charge in [0, 0.05) is 12.3 Å². The monoisotopic (exact) mass is 244 g/mol. The summed E-state index contributed by atoms with van der Waals surface area (Å²) in [4.78, 5) is 35.9. The van der Waals surface area contributed by atoms with Gasteiger partial charge in [0.2, 0.25) is 11.8 Å². The molecule has 0 saturated carbocycles. The third kappa shape index (κ3) is 2.75. The highest BCUT2D eigenvalue weighted by molar-refractivity contribution is 7.98. The van der Waals surface area contributed by atoms with E-state index >= 15 is 0 Å². The van der Waals surface area contributed by atoms with E-state index in [-0.39, 0.29) is 5.91 Å². The van der Waals surface area contributed by atoms with Crippen LogP contribution in [0.2, 0.25) is 0 Å². The van der Waals surface area contributed by atoms with Gasteiger partial charge in [-0.1, -0.05) is 13.3 Å². The van der Waals surface area contributed by atoms with Crippen molar-refractivity contribution in [3.05, 3.63) is 0 Å². The Hall–Kier alpha value is -1.04. The number of thioether (sulfide) groups is 1. The standard InChI is InChI=1S/C10H16N2O3S/c1-3-4-7-8(13)11-10(15)12(9(7)14)5-6-16-2/h7H,3-6H2,1-2H3,(H,11,13,15). The second-order valence-electron chi connectivity index (χ2n) is 3.62. The van der Waals surface area contributed by atoms with Crippen LogP contribution in [0.4, 0.5) is 4.79 Å². The maximum Gasteiger partial charge on any atom is 0.330 e. The largest absolute Gasteiger partial charge is 0.330 e. The highest BCUT2D eigenvalue weighted by Gasteiger charge is 2.39. The minimum Gasteiger partial charge on any atom is -0.277 e. The van der Waals surface area contributed by atoms with Gasteiger partial charge in [-0.25, -0.2) is 4.79 Å². The van der Waals surface area contributed by atoms with E-state index in [1.54, 1.807) is 11.8 Å². The molecule has 0 aliphatic carbocycles. The van der Waals surface area contributed by atoms with Crippen molar-refractivity contribution in [3.8, 4) is 0 Å². The molecule has 0 radical (unpaired) electrons. The average molecular weight is 244 g/mol. The fraction of sp³-hybridized carbons (Fsp3) is 0.700. The van der Waals surface area contributed by atoms with Crippen LogP contribution in [0.15, 0.2) is 0 Å². The molecule has 6 heteroatoms. The van der Waals surface area contributed by atoms with Gasteiger partial charge in [0.25, 0.3) is 0 Å². The molecule has 1 N–H and O–H groups in total. The van der Waals surface area contributed by atoms with E-state index in [2.05, 4.69) is 5.32 Å². The lowest BCUT2D eigenvalue weighted by atomic mass is 9.99. The van der Waals surface area contributed by atoms with Crippen molar-refractivity contribution >= 4 is 29.6 Å². The Morgan fingerprint density at radius 3 is 2.62 bits per heavy atom. The number of carbonyl (C=O) groups excluding carboxylic acids is 3. The Labute approximate surface area is 98.9 Å². The summed E-state index contributed by atoms with van der Waals surface area (Å²) < 4.78 is 0. The van der Waals surface area contributed by atoms with Crippen LogP contribution < -0.4 is 5.32 Å². The third-order valence-corrected chi connectivity index (χ3v) is 3.04. The summed E-state index contributed by atoms with van der Waals surface area (Å²) in [5.74, 6) is -0.821. The molecule has 0 spiro atoms. The van der Waals surface area contributed by atoms with Crippen molar-refractivity contribution < 1.29 is 14.4 Å². The summed E-state index contributed by atoms with van der Waals surface area (Å²) in [7, 11) is 0. The van der Waals surface area contributed by atoms with Crippen molar-refractivity contribution in [2.45, 2.75) is 19.8 Å². The molecule has 1 fully saturated rings. The molecule has 1 saturated heterocycles. The number of urea groups is 1. The number of hydrogen-bond donors (Lipinski definition) is 1. The first-order valence-electron chi connectivity index (χ1n) is 5.27. The number of nitrogens with zero attached hydrogens (tertiary/aromatic N) is 1. The fourth-order valence-electron chi connectivity index (χ4n) is 1.60. The van der Waals surface area contributed by atoms with E-state index in [1.165, 1.54) is 0 Å². The maximum atomic E-state index is 11.9. The molecule has 0 aromatic carbocycles. The van der Waals surface area contributed by atoms with Gasteiger partial charge in [-0.3, -0.25) is 19.8 Å². The molecular formula is C10H16N2O3S. The van der Waals surface area contributed by atoms with Gasteiger partial charge in [0.05, 0.1) is 0 Å². The summed E-state index contributed by atoms with van der Waals surface area (Å²) in [6.07, 6.45) is 3.14. The zero-order valence-electron chi connectivity index (χ0n) is 9.49. The van der Waals surface area contributed by atoms with Crippen molar-refractivity contribution in [2.24, 2.45) is 5.92 Å². The number of nitrogens with one attached hydrogen (secondary N) is 1. The lowest BCUT2D eigenvalue weighted by molar-refractivity contribution is -0.142. The lowest BCUT2D eigenvalue weighted by Gasteiger charge is -2.29. The predicted molar refractivity (Wildman–Crippen MR) is 62.0 cm³/mol. The van der Waals surface area contributed by atoms with Crippen LogP contribution in [0.3, 0.4) is 0 Å². The molecule has 90 valence electrons. The minimum absolute atomic E-state index is 0.357. The molecule has 0 bridgehead atoms. The summed E-state index contributed by atoms with van der Waals surface area (Å²) >= 11 is 1.56. The second-order valence-corrected chi connectivity index (χ2v) is 4.60. The molecule has 1 heterocycles. The van der Waals surface area contributed by atoms with Crippen LogP contribution in [-0.2, 0) is 9.59 Å². The fourth-order valence-corrected chi connectivity index (χ4v) is 1.96. The number of amides is 4. The summed E-state index contributed by atoms with van der Waals surface area (Å²) in [6, 6.07) is -0.587. The Morgan fingerprint density at radius 1 is 1.38 bits per heavy atom. The minimum atomic E-state index is -0.690. The van der Waals surface area contributed by atoms with Gasteiger partial charge in [-0.15, -0.1) is 0 Å². The van der Waals surface area contributed by atoms with Gasteiger partial charge in [-0.2, -0.15) is 11.8 Å². The topological polar surface area (TPSA) is 66.5 Å². The van der Waals surface area contributed by atoms with Crippen molar-refractivity contribution in [1.29, 1.82) is 0 Å². The molecule has 5 nitrogen and oxygen atoms in total. The smallest absolute Gasteiger partial charge is 0.277 e. The first-order chi connectivity index (χ1) is 7.61. The first kappa shape index (κ1) is 13.0. The highest BCUT2D eigenvalue weighted by atomic mass is 32.2. The second kappa shape index (κ2) is 5.89. The Kier molecular flexibility index (Phi) is 4.79. The molecule has 1 rings (SSSR count). The van der Waals surface area contributed by atoms with Gasteiger partial charge in [0.1, 0.15) is 5.92 Å². The average Bonchev–Trinajstić information content (AvgIpc) is 2.24. The van der Waals surface area contributed by atoms with Gasteiger partial charge in [-0.05, 0) is 12.7 Å². The molecule has 0 aromatic rings. The zero-order chi connectivity index (χ0) is 12.1. The molecule has 0 aromatic heterocycles. The normalized spacial score (nSPS) is 21.2. The van der Waals surface area contributed by atoms with E-state index in [1.807, 2.05) is 13.2 Å². The van der Waals surface area contributed by atoms with E-state index in [4.69, 9.17) is 0 Å². The first-order valence-corrected chi connectivity index (χ1v) is 6.66. The third-order valence-electron chi connectivity index (χ3n) is 2.45. The van der Waals surface area contributed by atoms with Crippen LogP contribution in [-0.4, -0.2) is 41.3 Å². The highest BCUT2D eigenvalue weighted by Crippen LogP contribution is 2.16. The van der Waals surface area contributed by atoms with Gasteiger partial charge < -0.3 is 0 Å². The zero-order valence-corrected chi connectivity index (χ0v) is 10.3. The molecule has 16 heavy (non-hydrogen) atoms. The summed E-state index contributed by atoms with van der Waals surface area (Å²) in [5, 5.41) is 2.22. The SMILES string of the molecule is CCCC1C(=O)NC(=O)N(CCSC)C1=O. The Bertz CT molecular complexity index is 306. The van der Waals surface area contributed by atoms with Gasteiger partial charge in [0.15, 0.2) is 0 Å². The number of carbonyl (C=O) groups is 3. The van der Waals surface area contributed by atoms with E-state index in [0.29, 0.717) is 18.7 Å². The van der Waals surface area contributed by atoms with E-state index in [9.17, 15) is 14.4 Å². The molecule has 1 atom stereocenters. The van der Waals surface area contributed by atoms with Gasteiger partial charge >= 0.3 is 6.03 Å². The van der Waals surface area contributed by atoms with Crippen molar-refractivity contribution in [2.75, 3.05) is 18.6 Å². The summed E-state index contributed by atoms with van der Waals surface area (Å²) in [6.45, 7) is 2.27. The quantitative estimate of drug-likeness (QED) is 0.728. The van der Waals surface area contributed by atoms with Crippen LogP contribution in [0, 0.1) is 5.92 Å². The van der Waals surface area contributed by atoms with Crippen molar-refractivity contribution in [1.82, 2.24) is 10.2 Å². The lowest BCUT2D eigenvalue weighted by Crippen LogP contribution is -2.58. The summed E-state index contributed by atoms with van der Waals surface area (Å²) in [5.41, 5.74) is 0. The molecule has 1 aliphatic rings. The maximum absolute atomic E-state index is 11.9. The van der Waals surface area contributed by atoms with Crippen LogP contribution >= 0.6 is 11.8 Å². The number of imide groups is 2. The predicted octanol–water partition coefficient (Wildman–Crippen LogP) is 0.844. The Morgan fingerprint density at radius 2 is 2.06 bits per heavy atom. The molecular weight excluding hydrogens is 228 g/mol. The van der Waals surface area contributed by atoms with Crippen molar-refractivity contribution in [3.63, 3.8) is 0 Å². The van der Waals surface area contributed by atoms with Crippen LogP contribution in [0.25, 0.3) is 0 Å². The van der Waals surface area contributed by atoms with Crippen LogP contribution in [0.1, 0.15) is 19.8 Å². The molecule has 1 aliphatic heterocycles. The van der Waals surface area contributed by atoms with E-state index < -0.39 is 17.9 Å².